The number of ether oxygens (including phenoxy) is 2. The highest BCUT2D eigenvalue weighted by atomic mass is 16.5. The van der Waals surface area contributed by atoms with Crippen LogP contribution in [0, 0.1) is 0 Å². The lowest BCUT2D eigenvalue weighted by Crippen LogP contribution is -2.44. The summed E-state index contributed by atoms with van der Waals surface area (Å²) in [6.07, 6.45) is 4.78. The third-order valence-electron chi connectivity index (χ3n) is 4.79. The van der Waals surface area contributed by atoms with Gasteiger partial charge in [0, 0.05) is 19.1 Å². The van der Waals surface area contributed by atoms with Crippen LogP contribution < -0.4 is 9.47 Å². The van der Waals surface area contributed by atoms with E-state index in [9.17, 15) is 4.79 Å². The van der Waals surface area contributed by atoms with Gasteiger partial charge in [0.25, 0.3) is 5.91 Å². The predicted octanol–water partition coefficient (Wildman–Crippen LogP) is 2.16. The molecule has 2 fully saturated rings. The standard InChI is InChI=1S/C18H26N2O3/c1-22-16-8-2-3-9-17(16)23-14-18(21)20-12-6-7-15(20)13-19-10-4-5-11-19/h2-3,8-9,15H,4-7,10-14H2,1H3. The Labute approximate surface area is 138 Å². The topological polar surface area (TPSA) is 42.0 Å². The molecule has 23 heavy (non-hydrogen) atoms. The molecule has 126 valence electrons. The van der Waals surface area contributed by atoms with Gasteiger partial charge in [0.1, 0.15) is 0 Å². The number of amides is 1. The molecule has 1 unspecified atom stereocenters. The van der Waals surface area contributed by atoms with Crippen molar-refractivity contribution in [3.05, 3.63) is 24.3 Å². The third kappa shape index (κ3) is 3.96. The van der Waals surface area contributed by atoms with Crippen molar-refractivity contribution in [1.29, 1.82) is 0 Å². The average Bonchev–Trinajstić information content (AvgIpc) is 3.25. The van der Waals surface area contributed by atoms with Crippen molar-refractivity contribution in [3.8, 4) is 11.5 Å². The van der Waals surface area contributed by atoms with Crippen LogP contribution in [0.3, 0.4) is 0 Å². The molecular formula is C18H26N2O3. The number of likely N-dealkylation sites (tertiary alicyclic amines) is 2. The van der Waals surface area contributed by atoms with Crippen LogP contribution in [0.5, 0.6) is 11.5 Å². The van der Waals surface area contributed by atoms with Crippen molar-refractivity contribution >= 4 is 5.91 Å². The normalized spacial score (nSPS) is 21.6. The van der Waals surface area contributed by atoms with E-state index in [4.69, 9.17) is 9.47 Å². The predicted molar refractivity (Wildman–Crippen MR) is 88.9 cm³/mol. The lowest BCUT2D eigenvalue weighted by atomic mass is 10.2. The van der Waals surface area contributed by atoms with Crippen LogP contribution >= 0.6 is 0 Å². The Morgan fingerprint density at radius 2 is 1.87 bits per heavy atom. The first-order valence-electron chi connectivity index (χ1n) is 8.55. The molecule has 2 saturated heterocycles. The Kier molecular flexibility index (Phi) is 5.39. The van der Waals surface area contributed by atoms with Crippen molar-refractivity contribution in [2.75, 3.05) is 39.9 Å². The Morgan fingerprint density at radius 3 is 2.61 bits per heavy atom. The maximum atomic E-state index is 12.5. The second-order valence-electron chi connectivity index (χ2n) is 6.33. The highest BCUT2D eigenvalue weighted by Gasteiger charge is 2.31. The maximum Gasteiger partial charge on any atom is 0.260 e. The van der Waals surface area contributed by atoms with Crippen LogP contribution in [0.15, 0.2) is 24.3 Å². The quantitative estimate of drug-likeness (QED) is 0.806. The van der Waals surface area contributed by atoms with Crippen molar-refractivity contribution in [1.82, 2.24) is 9.80 Å². The zero-order chi connectivity index (χ0) is 16.1. The van der Waals surface area contributed by atoms with Gasteiger partial charge in [0.05, 0.1) is 7.11 Å². The van der Waals surface area contributed by atoms with Crippen molar-refractivity contribution in [3.63, 3.8) is 0 Å². The molecule has 0 aliphatic carbocycles. The molecule has 1 aromatic carbocycles. The molecule has 0 saturated carbocycles. The first-order valence-corrected chi connectivity index (χ1v) is 8.55. The lowest BCUT2D eigenvalue weighted by Gasteiger charge is -2.28. The molecule has 0 radical (unpaired) electrons. The molecule has 1 aromatic rings. The molecule has 0 bridgehead atoms. The Balaban J connectivity index is 1.54. The van der Waals surface area contributed by atoms with Crippen LogP contribution in [0.1, 0.15) is 25.7 Å². The summed E-state index contributed by atoms with van der Waals surface area (Å²) in [4.78, 5) is 17.0. The van der Waals surface area contributed by atoms with Crippen molar-refractivity contribution < 1.29 is 14.3 Å². The van der Waals surface area contributed by atoms with Gasteiger partial charge in [-0.1, -0.05) is 12.1 Å². The number of rotatable bonds is 6. The average molecular weight is 318 g/mol. The fourth-order valence-electron chi connectivity index (χ4n) is 3.58. The van der Waals surface area contributed by atoms with Gasteiger partial charge in [0.15, 0.2) is 18.1 Å². The SMILES string of the molecule is COc1ccccc1OCC(=O)N1CCCC1CN1CCCC1. The second kappa shape index (κ2) is 7.68. The minimum absolute atomic E-state index is 0.0802. The number of hydrogen-bond acceptors (Lipinski definition) is 4. The van der Waals surface area contributed by atoms with Gasteiger partial charge in [-0.25, -0.2) is 0 Å². The molecule has 1 amide bonds. The van der Waals surface area contributed by atoms with E-state index >= 15 is 0 Å². The summed E-state index contributed by atoms with van der Waals surface area (Å²) in [5.74, 6) is 1.37. The number of carbonyl (C=O) groups excluding carboxylic acids is 1. The minimum atomic E-state index is 0.0802. The Hall–Kier alpha value is -1.75. The van der Waals surface area contributed by atoms with Gasteiger partial charge in [-0.2, -0.15) is 0 Å². The van der Waals surface area contributed by atoms with E-state index in [1.54, 1.807) is 7.11 Å². The lowest BCUT2D eigenvalue weighted by molar-refractivity contribution is -0.134. The summed E-state index contributed by atoms with van der Waals surface area (Å²) < 4.78 is 10.9. The summed E-state index contributed by atoms with van der Waals surface area (Å²) in [7, 11) is 1.61. The van der Waals surface area contributed by atoms with Crippen molar-refractivity contribution in [2.45, 2.75) is 31.7 Å². The van der Waals surface area contributed by atoms with E-state index in [0.29, 0.717) is 17.5 Å². The van der Waals surface area contributed by atoms with E-state index in [0.717, 1.165) is 25.9 Å². The molecule has 2 aliphatic heterocycles. The van der Waals surface area contributed by atoms with Gasteiger partial charge in [-0.3, -0.25) is 4.79 Å². The molecule has 2 heterocycles. The summed E-state index contributed by atoms with van der Waals surface area (Å²) >= 11 is 0. The van der Waals surface area contributed by atoms with E-state index in [-0.39, 0.29) is 12.5 Å². The van der Waals surface area contributed by atoms with Gasteiger partial charge >= 0.3 is 0 Å². The van der Waals surface area contributed by atoms with E-state index in [2.05, 4.69) is 4.90 Å². The molecule has 0 spiro atoms. The fourth-order valence-corrected chi connectivity index (χ4v) is 3.58. The van der Waals surface area contributed by atoms with Gasteiger partial charge in [-0.05, 0) is 50.9 Å². The molecular weight excluding hydrogens is 292 g/mol. The Bertz CT molecular complexity index is 529. The second-order valence-corrected chi connectivity index (χ2v) is 6.33. The largest absolute Gasteiger partial charge is 0.493 e. The van der Waals surface area contributed by atoms with Gasteiger partial charge in [-0.15, -0.1) is 0 Å². The molecule has 3 rings (SSSR count). The highest BCUT2D eigenvalue weighted by Crippen LogP contribution is 2.26. The van der Waals surface area contributed by atoms with Crippen molar-refractivity contribution in [2.24, 2.45) is 0 Å². The van der Waals surface area contributed by atoms with E-state index in [1.165, 1.54) is 25.9 Å². The van der Waals surface area contributed by atoms with Crippen LogP contribution in [0.4, 0.5) is 0 Å². The van der Waals surface area contributed by atoms with Crippen LogP contribution in [-0.4, -0.2) is 61.6 Å². The van der Waals surface area contributed by atoms with Crippen LogP contribution in [-0.2, 0) is 4.79 Å². The highest BCUT2D eigenvalue weighted by molar-refractivity contribution is 5.78. The molecule has 0 aromatic heterocycles. The summed E-state index contributed by atoms with van der Waals surface area (Å²) in [5.41, 5.74) is 0. The van der Waals surface area contributed by atoms with Gasteiger partial charge < -0.3 is 19.3 Å². The molecule has 5 heteroatoms. The zero-order valence-corrected chi connectivity index (χ0v) is 13.9. The first-order chi connectivity index (χ1) is 11.3. The summed E-state index contributed by atoms with van der Waals surface area (Å²) in [5, 5.41) is 0. The Morgan fingerprint density at radius 1 is 1.13 bits per heavy atom. The summed E-state index contributed by atoms with van der Waals surface area (Å²) in [6, 6.07) is 7.79. The number of methoxy groups -OCH3 is 1. The molecule has 1 atom stereocenters. The minimum Gasteiger partial charge on any atom is -0.493 e. The first kappa shape index (κ1) is 16.1. The number of benzene rings is 1. The van der Waals surface area contributed by atoms with Gasteiger partial charge in [0.2, 0.25) is 0 Å². The van der Waals surface area contributed by atoms with E-state index < -0.39 is 0 Å². The molecule has 0 N–H and O–H groups in total. The number of nitrogens with zero attached hydrogens (tertiary/aromatic N) is 2. The maximum absolute atomic E-state index is 12.5. The zero-order valence-electron chi connectivity index (χ0n) is 13.9. The monoisotopic (exact) mass is 318 g/mol. The molecule has 2 aliphatic rings. The third-order valence-corrected chi connectivity index (χ3v) is 4.79. The summed E-state index contributed by atoms with van der Waals surface area (Å²) in [6.45, 7) is 4.30. The van der Waals surface area contributed by atoms with Crippen LogP contribution in [0.2, 0.25) is 0 Å². The number of para-hydroxylation sites is 2. The number of hydrogen-bond donors (Lipinski definition) is 0. The smallest absolute Gasteiger partial charge is 0.260 e. The fraction of sp³-hybridized carbons (Fsp3) is 0.611. The van der Waals surface area contributed by atoms with E-state index in [1.807, 2.05) is 29.2 Å². The van der Waals surface area contributed by atoms with Crippen LogP contribution in [0.25, 0.3) is 0 Å². The molecule has 5 nitrogen and oxygen atoms in total. The number of carbonyl (C=O) groups is 1.